The van der Waals surface area contributed by atoms with Crippen molar-refractivity contribution in [2.75, 3.05) is 54.8 Å². The van der Waals surface area contributed by atoms with Crippen LogP contribution in [0.3, 0.4) is 0 Å². The lowest BCUT2D eigenvalue weighted by molar-refractivity contribution is 0.176. The molecule has 2 unspecified atom stereocenters. The number of nitrogens with zero attached hydrogens (tertiary/aromatic N) is 9. The smallest absolute Gasteiger partial charge is 0.322 e. The zero-order chi connectivity index (χ0) is 44.2. The van der Waals surface area contributed by atoms with Crippen LogP contribution in [0.15, 0.2) is 73.3 Å². The topological polar surface area (TPSA) is 161 Å². The molecule has 10 rings (SSSR count). The van der Waals surface area contributed by atoms with Crippen molar-refractivity contribution in [1.29, 1.82) is 0 Å². The quantitative estimate of drug-likeness (QED) is 0.0973. The van der Waals surface area contributed by atoms with Crippen LogP contribution >= 0.6 is 56.8 Å². The van der Waals surface area contributed by atoms with Gasteiger partial charge < -0.3 is 35.8 Å². The third-order valence-electron chi connectivity index (χ3n) is 11.6. The van der Waals surface area contributed by atoms with Crippen LogP contribution in [-0.2, 0) is 0 Å². The molecule has 4 aromatic heterocycles. The predicted octanol–water partition coefficient (Wildman–Crippen LogP) is 10.4. The molecule has 4 atom stereocenters. The number of aliphatic hydroxyl groups is 1. The first-order chi connectivity index (χ1) is 30.4. The minimum atomic E-state index is -0.442. The van der Waals surface area contributed by atoms with E-state index in [1.807, 2.05) is 29.3 Å². The molecule has 6 aromatic rings. The number of likely N-dealkylation sites (tertiary alicyclic amines) is 2. The standard InChI is InChI=1S/C22H24FIN6O.C11H12ClN5O2.C10H11FIN.3CH4/c1-14-6-9-28(13-14)22(31)26-18-12-25-30-10-7-20(27-21(18)30)29-8-2-3-19(29)16-11-15(24)4-5-17(16)23;12-9-2-4-17-10(15-9)8(5-13-17)14-11(19)16-3-1-7(18)6-16;11-9-4-3-7(12)6-8(9)10-2-1-5-13-10;;;/h4-5,7,10-12,14,19H,2-3,6,8-9,13H2,1H3,(H,26,31);2,4-5,7,18H,1,3,6H2,(H,14,19);3-4,6,10,13H,1-2,5H2;3*1H4/t14-,19?;7-;;;;/m00..../s1. The Bertz CT molecular complexity index is 2600. The molecule has 4 amide bonds. The molecule has 20 heteroatoms. The SMILES string of the molecule is C.C.C.C[C@H]1CCN(C(=O)Nc2cnn3ccc(N4CCCC4c4cc(I)ccc4F)nc23)C1.Fc1ccc(I)cc1C1CCCN1.O=C(Nc1cnn2ccc(Cl)nc12)N1CC[C@H](O)C1. The molecular weight excluding hydrogens is 1100 g/mol. The summed E-state index contributed by atoms with van der Waals surface area (Å²) in [6.07, 6.45) is 11.9. The molecule has 66 heavy (non-hydrogen) atoms. The molecular formula is C46H59ClF2I2N12O3. The molecule has 0 spiro atoms. The summed E-state index contributed by atoms with van der Waals surface area (Å²) in [5.74, 6) is 1.02. The highest BCUT2D eigenvalue weighted by Gasteiger charge is 2.31. The molecule has 4 N–H and O–H groups in total. The highest BCUT2D eigenvalue weighted by molar-refractivity contribution is 14.1. The number of urea groups is 2. The largest absolute Gasteiger partial charge is 0.391 e. The predicted molar refractivity (Wildman–Crippen MR) is 274 cm³/mol. The Morgan fingerprint density at radius 1 is 0.758 bits per heavy atom. The summed E-state index contributed by atoms with van der Waals surface area (Å²) in [5.41, 5.74) is 3.68. The number of aromatic nitrogens is 6. The molecule has 356 valence electrons. The summed E-state index contributed by atoms with van der Waals surface area (Å²) in [4.78, 5) is 39.1. The van der Waals surface area contributed by atoms with Gasteiger partial charge in [0.05, 0.1) is 24.5 Å². The van der Waals surface area contributed by atoms with Crippen molar-refractivity contribution >= 4 is 97.3 Å². The summed E-state index contributed by atoms with van der Waals surface area (Å²) >= 11 is 10.3. The van der Waals surface area contributed by atoms with E-state index in [2.05, 4.69) is 88.1 Å². The average Bonchev–Trinajstić information content (AvgIpc) is 4.14. The van der Waals surface area contributed by atoms with E-state index in [9.17, 15) is 23.5 Å². The van der Waals surface area contributed by atoms with E-state index in [1.165, 1.54) is 16.8 Å². The zero-order valence-electron chi connectivity index (χ0n) is 34.4. The normalized spacial score (nSPS) is 19.8. The second kappa shape index (κ2) is 23.5. The lowest BCUT2D eigenvalue weighted by Gasteiger charge is -2.26. The van der Waals surface area contributed by atoms with E-state index in [-0.39, 0.29) is 58.1 Å². The molecule has 4 fully saturated rings. The average molecular weight is 1160 g/mol. The Morgan fingerprint density at radius 3 is 1.94 bits per heavy atom. The van der Waals surface area contributed by atoms with Crippen molar-refractivity contribution in [3.8, 4) is 0 Å². The fraction of sp³-hybridized carbons (Fsp3) is 0.435. The van der Waals surface area contributed by atoms with Gasteiger partial charge >= 0.3 is 12.1 Å². The van der Waals surface area contributed by atoms with Gasteiger partial charge in [-0.3, -0.25) is 0 Å². The number of nitrogens with one attached hydrogen (secondary N) is 3. The molecule has 2 aromatic carbocycles. The molecule has 0 radical (unpaired) electrons. The Balaban J connectivity index is 0.000000200. The summed E-state index contributed by atoms with van der Waals surface area (Å²) in [7, 11) is 0. The minimum Gasteiger partial charge on any atom is -0.391 e. The number of rotatable bonds is 5. The molecule has 0 saturated carbocycles. The Kier molecular flexibility index (Phi) is 18.7. The fourth-order valence-electron chi connectivity index (χ4n) is 8.34. The summed E-state index contributed by atoms with van der Waals surface area (Å²) < 4.78 is 33.3. The van der Waals surface area contributed by atoms with Gasteiger partial charge in [-0.2, -0.15) is 10.2 Å². The van der Waals surface area contributed by atoms with E-state index >= 15 is 0 Å². The molecule has 15 nitrogen and oxygen atoms in total. The van der Waals surface area contributed by atoms with Gasteiger partial charge in [0.2, 0.25) is 0 Å². The van der Waals surface area contributed by atoms with Crippen LogP contribution in [0.5, 0.6) is 0 Å². The monoisotopic (exact) mass is 1150 g/mol. The van der Waals surface area contributed by atoms with Crippen LogP contribution in [0, 0.1) is 24.7 Å². The number of amides is 4. The summed E-state index contributed by atoms with van der Waals surface area (Å²) in [6, 6.07) is 13.8. The Hall–Kier alpha value is -4.45. The maximum Gasteiger partial charge on any atom is 0.322 e. The van der Waals surface area contributed by atoms with E-state index in [1.54, 1.807) is 46.1 Å². The van der Waals surface area contributed by atoms with Gasteiger partial charge in [-0.1, -0.05) is 40.8 Å². The number of carbonyl (C=O) groups excluding carboxylic acids is 2. The minimum absolute atomic E-state index is 0. The molecule has 4 aliphatic heterocycles. The second-order valence-electron chi connectivity index (χ2n) is 16.1. The van der Waals surface area contributed by atoms with Gasteiger partial charge in [-0.25, -0.2) is 37.4 Å². The van der Waals surface area contributed by atoms with Crippen molar-refractivity contribution in [2.45, 2.75) is 85.9 Å². The van der Waals surface area contributed by atoms with Crippen LogP contribution in [-0.4, -0.2) is 102 Å². The van der Waals surface area contributed by atoms with Crippen LogP contribution < -0.4 is 20.9 Å². The highest BCUT2D eigenvalue weighted by atomic mass is 127. The number of hydrogen-bond donors (Lipinski definition) is 4. The number of hydrogen-bond acceptors (Lipinski definition) is 9. The van der Waals surface area contributed by atoms with Crippen LogP contribution in [0.1, 0.15) is 90.9 Å². The molecule has 8 heterocycles. The van der Waals surface area contributed by atoms with Gasteiger partial charge in [0.25, 0.3) is 0 Å². The first-order valence-corrected chi connectivity index (χ1v) is 23.5. The Labute approximate surface area is 417 Å². The van der Waals surface area contributed by atoms with Gasteiger partial charge in [0, 0.05) is 69.4 Å². The third-order valence-corrected chi connectivity index (χ3v) is 13.1. The van der Waals surface area contributed by atoms with Gasteiger partial charge in [-0.15, -0.1) is 0 Å². The second-order valence-corrected chi connectivity index (χ2v) is 19.0. The molecule has 4 saturated heterocycles. The summed E-state index contributed by atoms with van der Waals surface area (Å²) in [6.45, 7) is 6.39. The van der Waals surface area contributed by atoms with Gasteiger partial charge in [0.15, 0.2) is 11.3 Å². The maximum absolute atomic E-state index is 14.6. The first-order valence-electron chi connectivity index (χ1n) is 20.9. The van der Waals surface area contributed by atoms with E-state index < -0.39 is 6.10 Å². The van der Waals surface area contributed by atoms with Gasteiger partial charge in [0.1, 0.15) is 34.0 Å². The highest BCUT2D eigenvalue weighted by Crippen LogP contribution is 2.37. The van der Waals surface area contributed by atoms with Crippen molar-refractivity contribution in [1.82, 2.24) is 44.3 Å². The van der Waals surface area contributed by atoms with Crippen molar-refractivity contribution in [3.05, 3.63) is 108 Å². The van der Waals surface area contributed by atoms with E-state index in [0.29, 0.717) is 58.8 Å². The summed E-state index contributed by atoms with van der Waals surface area (Å²) in [5, 5.41) is 27.1. The molecule has 0 bridgehead atoms. The van der Waals surface area contributed by atoms with E-state index in [4.69, 9.17) is 16.6 Å². The van der Waals surface area contributed by atoms with Crippen LogP contribution in [0.2, 0.25) is 5.15 Å². The number of halogens is 5. The number of benzene rings is 2. The number of carbonyl (C=O) groups is 2. The number of anilines is 3. The van der Waals surface area contributed by atoms with Crippen molar-refractivity contribution in [2.24, 2.45) is 5.92 Å². The van der Waals surface area contributed by atoms with Crippen molar-refractivity contribution < 1.29 is 23.5 Å². The molecule has 4 aliphatic rings. The van der Waals surface area contributed by atoms with Gasteiger partial charge in [-0.05, 0) is 145 Å². The van der Waals surface area contributed by atoms with Crippen LogP contribution in [0.25, 0.3) is 11.3 Å². The lowest BCUT2D eigenvalue weighted by Crippen LogP contribution is -2.33. The number of aliphatic hydroxyl groups excluding tert-OH is 1. The van der Waals surface area contributed by atoms with Crippen molar-refractivity contribution in [3.63, 3.8) is 0 Å². The maximum atomic E-state index is 14.6. The Morgan fingerprint density at radius 2 is 1.35 bits per heavy atom. The zero-order valence-corrected chi connectivity index (χ0v) is 39.5. The fourth-order valence-corrected chi connectivity index (χ4v) is 9.51. The number of β-amino-alcohol motifs (C(OH)–C–C–N with tert-alkyl or cyclic N) is 1. The van der Waals surface area contributed by atoms with Crippen LogP contribution in [0.4, 0.5) is 35.6 Å². The van der Waals surface area contributed by atoms with E-state index in [0.717, 1.165) is 76.8 Å². The lowest BCUT2D eigenvalue weighted by atomic mass is 10.0. The number of fused-ring (bicyclic) bond motifs is 2. The molecule has 0 aliphatic carbocycles. The first kappa shape index (κ1) is 52.5. The third kappa shape index (κ3) is 12.4.